The van der Waals surface area contributed by atoms with E-state index in [1.165, 1.54) is 18.2 Å². The second-order valence-corrected chi connectivity index (χ2v) is 5.03. The van der Waals surface area contributed by atoms with Crippen molar-refractivity contribution in [3.05, 3.63) is 34.6 Å². The fraction of sp³-hybridized carbons (Fsp3) is 0.462. The molecule has 0 aromatic heterocycles. The minimum Gasteiger partial charge on any atom is -0.338 e. The van der Waals surface area contributed by atoms with Crippen molar-refractivity contribution in [2.75, 3.05) is 19.6 Å². The van der Waals surface area contributed by atoms with Gasteiger partial charge in [0.15, 0.2) is 0 Å². The summed E-state index contributed by atoms with van der Waals surface area (Å²) in [6.07, 6.45) is 2.00. The maximum Gasteiger partial charge on any atom is 0.255 e. The van der Waals surface area contributed by atoms with Crippen molar-refractivity contribution in [3.63, 3.8) is 0 Å². The van der Waals surface area contributed by atoms with Crippen LogP contribution in [0.1, 0.15) is 23.2 Å². The molecule has 0 radical (unpaired) electrons. The molecule has 1 aromatic carbocycles. The molecule has 1 amide bonds. The first-order chi connectivity index (χ1) is 8.61. The van der Waals surface area contributed by atoms with Gasteiger partial charge in [0.25, 0.3) is 5.91 Å². The van der Waals surface area contributed by atoms with Crippen LogP contribution in [0.4, 0.5) is 4.39 Å². The van der Waals surface area contributed by atoms with Crippen molar-refractivity contribution in [3.8, 4) is 0 Å². The number of benzene rings is 1. The second kappa shape index (κ2) is 5.67. The number of amides is 1. The summed E-state index contributed by atoms with van der Waals surface area (Å²) in [5.41, 5.74) is 6.00. The van der Waals surface area contributed by atoms with Gasteiger partial charge in [-0.15, -0.1) is 0 Å². The third-order valence-electron chi connectivity index (χ3n) is 3.30. The van der Waals surface area contributed by atoms with E-state index in [0.29, 0.717) is 31.1 Å². The number of carbonyl (C=O) groups is 1. The van der Waals surface area contributed by atoms with Gasteiger partial charge in [-0.1, -0.05) is 11.6 Å². The normalized spacial score (nSPS) is 19.9. The van der Waals surface area contributed by atoms with Crippen molar-refractivity contribution in [2.45, 2.75) is 12.8 Å². The Hall–Kier alpha value is -1.13. The lowest BCUT2D eigenvalue weighted by Gasteiger charge is -2.32. The van der Waals surface area contributed by atoms with Crippen LogP contribution in [0.15, 0.2) is 18.2 Å². The molecule has 98 valence electrons. The molecule has 1 fully saturated rings. The summed E-state index contributed by atoms with van der Waals surface area (Å²) in [4.78, 5) is 14.0. The summed E-state index contributed by atoms with van der Waals surface area (Å²) < 4.78 is 12.9. The predicted molar refractivity (Wildman–Crippen MR) is 69.1 cm³/mol. The number of nitrogens with two attached hydrogens (primary N) is 1. The largest absolute Gasteiger partial charge is 0.338 e. The van der Waals surface area contributed by atoms with E-state index in [9.17, 15) is 9.18 Å². The Labute approximate surface area is 111 Å². The van der Waals surface area contributed by atoms with Crippen LogP contribution < -0.4 is 5.73 Å². The molecule has 1 saturated heterocycles. The van der Waals surface area contributed by atoms with Gasteiger partial charge in [-0.2, -0.15) is 0 Å². The number of carbonyl (C=O) groups excluding carboxylic acids is 1. The smallest absolute Gasteiger partial charge is 0.255 e. The Morgan fingerprint density at radius 2 is 2.33 bits per heavy atom. The molecular formula is C13H16ClFN2O. The first-order valence-electron chi connectivity index (χ1n) is 6.06. The average Bonchev–Trinajstić information content (AvgIpc) is 2.38. The van der Waals surface area contributed by atoms with E-state index in [-0.39, 0.29) is 10.9 Å². The first kappa shape index (κ1) is 13.3. The Kier molecular flexibility index (Phi) is 4.19. The molecule has 3 nitrogen and oxygen atoms in total. The van der Waals surface area contributed by atoms with Gasteiger partial charge in [0.2, 0.25) is 0 Å². The van der Waals surface area contributed by atoms with Gasteiger partial charge >= 0.3 is 0 Å². The lowest BCUT2D eigenvalue weighted by molar-refractivity contribution is 0.0678. The number of piperidine rings is 1. The van der Waals surface area contributed by atoms with Gasteiger partial charge in [-0.05, 0) is 43.5 Å². The minimum absolute atomic E-state index is 0.141. The van der Waals surface area contributed by atoms with E-state index in [2.05, 4.69) is 0 Å². The molecule has 5 heteroatoms. The fourth-order valence-electron chi connectivity index (χ4n) is 2.28. The predicted octanol–water partition coefficient (Wildman–Crippen LogP) is 2.29. The second-order valence-electron chi connectivity index (χ2n) is 4.62. The van der Waals surface area contributed by atoms with Crippen LogP contribution in [0.25, 0.3) is 0 Å². The summed E-state index contributed by atoms with van der Waals surface area (Å²) in [6.45, 7) is 1.95. The Morgan fingerprint density at radius 1 is 1.56 bits per heavy atom. The van der Waals surface area contributed by atoms with Gasteiger partial charge in [0.1, 0.15) is 5.82 Å². The van der Waals surface area contributed by atoms with E-state index in [0.717, 1.165) is 12.8 Å². The number of nitrogens with zero attached hydrogens (tertiary/aromatic N) is 1. The van der Waals surface area contributed by atoms with Gasteiger partial charge in [0, 0.05) is 13.1 Å². The highest BCUT2D eigenvalue weighted by Crippen LogP contribution is 2.22. The lowest BCUT2D eigenvalue weighted by Crippen LogP contribution is -2.42. The van der Waals surface area contributed by atoms with Crippen LogP contribution in [-0.4, -0.2) is 30.4 Å². The zero-order valence-electron chi connectivity index (χ0n) is 10.0. The molecule has 1 aliphatic heterocycles. The van der Waals surface area contributed by atoms with E-state index in [1.807, 2.05) is 0 Å². The summed E-state index contributed by atoms with van der Waals surface area (Å²) in [7, 11) is 0. The Balaban J connectivity index is 2.15. The van der Waals surface area contributed by atoms with Crippen LogP contribution in [-0.2, 0) is 0 Å². The highest BCUT2D eigenvalue weighted by atomic mass is 35.5. The molecule has 2 rings (SSSR count). The quantitative estimate of drug-likeness (QED) is 0.896. The van der Waals surface area contributed by atoms with Crippen LogP contribution in [0.2, 0.25) is 5.02 Å². The van der Waals surface area contributed by atoms with Crippen molar-refractivity contribution >= 4 is 17.5 Å². The first-order valence-corrected chi connectivity index (χ1v) is 6.44. The fourth-order valence-corrected chi connectivity index (χ4v) is 2.52. The van der Waals surface area contributed by atoms with Crippen molar-refractivity contribution < 1.29 is 9.18 Å². The lowest BCUT2D eigenvalue weighted by atomic mass is 9.97. The molecule has 0 bridgehead atoms. The molecule has 1 atom stereocenters. The standard InChI is InChI=1S/C13H16ClFN2O/c14-12-6-10(15)3-4-11(12)13(18)17-5-1-2-9(7-16)8-17/h3-4,6,9H,1-2,5,7-8,16H2. The molecule has 0 spiro atoms. The van der Waals surface area contributed by atoms with Crippen LogP contribution in [0.3, 0.4) is 0 Å². The SMILES string of the molecule is NCC1CCCN(C(=O)c2ccc(F)cc2Cl)C1. The monoisotopic (exact) mass is 270 g/mol. The van der Waals surface area contributed by atoms with Crippen LogP contribution >= 0.6 is 11.6 Å². The van der Waals surface area contributed by atoms with E-state index >= 15 is 0 Å². The third kappa shape index (κ3) is 2.82. The maximum absolute atomic E-state index is 12.9. The zero-order chi connectivity index (χ0) is 13.1. The molecule has 1 aromatic rings. The van der Waals surface area contributed by atoms with Crippen molar-refractivity contribution in [2.24, 2.45) is 11.7 Å². The number of halogens is 2. The molecular weight excluding hydrogens is 255 g/mol. The summed E-state index contributed by atoms with van der Waals surface area (Å²) in [5.74, 6) is -0.227. The van der Waals surface area contributed by atoms with E-state index in [1.54, 1.807) is 4.90 Å². The summed E-state index contributed by atoms with van der Waals surface area (Å²) in [6, 6.07) is 3.86. The van der Waals surface area contributed by atoms with Gasteiger partial charge in [-0.3, -0.25) is 4.79 Å². The molecule has 0 aliphatic carbocycles. The Bertz CT molecular complexity index is 453. The van der Waals surface area contributed by atoms with Crippen LogP contribution in [0.5, 0.6) is 0 Å². The molecule has 18 heavy (non-hydrogen) atoms. The minimum atomic E-state index is -0.435. The topological polar surface area (TPSA) is 46.3 Å². The van der Waals surface area contributed by atoms with E-state index < -0.39 is 5.82 Å². The zero-order valence-corrected chi connectivity index (χ0v) is 10.8. The molecule has 0 saturated carbocycles. The number of rotatable bonds is 2. The summed E-state index contributed by atoms with van der Waals surface area (Å²) >= 11 is 5.90. The number of hydrogen-bond donors (Lipinski definition) is 1. The van der Waals surface area contributed by atoms with Crippen molar-refractivity contribution in [1.29, 1.82) is 0 Å². The highest BCUT2D eigenvalue weighted by Gasteiger charge is 2.24. The molecule has 2 N–H and O–H groups in total. The van der Waals surface area contributed by atoms with Gasteiger partial charge in [-0.25, -0.2) is 4.39 Å². The van der Waals surface area contributed by atoms with Crippen LogP contribution in [0, 0.1) is 11.7 Å². The number of likely N-dealkylation sites (tertiary alicyclic amines) is 1. The van der Waals surface area contributed by atoms with E-state index in [4.69, 9.17) is 17.3 Å². The highest BCUT2D eigenvalue weighted by molar-refractivity contribution is 6.33. The molecule has 1 unspecified atom stereocenters. The summed E-state index contributed by atoms with van der Waals surface area (Å²) in [5, 5.41) is 0.162. The molecule has 1 aliphatic rings. The average molecular weight is 271 g/mol. The maximum atomic E-state index is 12.9. The third-order valence-corrected chi connectivity index (χ3v) is 3.61. The molecule has 1 heterocycles. The van der Waals surface area contributed by atoms with Gasteiger partial charge in [0.05, 0.1) is 10.6 Å². The Morgan fingerprint density at radius 3 is 3.00 bits per heavy atom. The van der Waals surface area contributed by atoms with Crippen molar-refractivity contribution in [1.82, 2.24) is 4.90 Å². The number of hydrogen-bond acceptors (Lipinski definition) is 2. The van der Waals surface area contributed by atoms with Gasteiger partial charge < -0.3 is 10.6 Å².